The third-order valence-electron chi connectivity index (χ3n) is 2.06. The van der Waals surface area contributed by atoms with Crippen LogP contribution in [0.5, 0.6) is 0 Å². The summed E-state index contributed by atoms with van der Waals surface area (Å²) in [6, 6.07) is 3.26. The number of nitrogens with one attached hydrogen (secondary N) is 1. The molecule has 2 N–H and O–H groups in total. The van der Waals surface area contributed by atoms with E-state index in [1.165, 1.54) is 7.11 Å². The minimum absolute atomic E-state index is 0.195. The van der Waals surface area contributed by atoms with Crippen molar-refractivity contribution in [3.63, 3.8) is 0 Å². The normalized spacial score (nSPS) is 10.1. The fraction of sp³-hybridized carbons (Fsp3) is 0.545. The number of aromatic nitrogens is 2. The molecule has 1 aromatic heterocycles. The zero-order valence-electron chi connectivity index (χ0n) is 10.3. The van der Waals surface area contributed by atoms with Crippen molar-refractivity contribution in [1.29, 1.82) is 0 Å². The Labute approximate surface area is 110 Å². The van der Waals surface area contributed by atoms with Gasteiger partial charge in [0.15, 0.2) is 5.69 Å². The molecule has 0 aliphatic carbocycles. The van der Waals surface area contributed by atoms with Crippen molar-refractivity contribution in [2.75, 3.05) is 37.1 Å². The summed E-state index contributed by atoms with van der Waals surface area (Å²) in [5, 5.41) is 19.3. The lowest BCUT2D eigenvalue weighted by Crippen LogP contribution is -2.10. The first-order valence-corrected chi connectivity index (χ1v) is 6.78. The number of hydrogen-bond donors (Lipinski definition) is 2. The molecule has 0 atom stereocenters. The predicted octanol–water partition coefficient (Wildman–Crippen LogP) is 0.791. The average Bonchev–Trinajstić information content (AvgIpc) is 2.42. The fourth-order valence-corrected chi connectivity index (χ4v) is 1.94. The van der Waals surface area contributed by atoms with Gasteiger partial charge < -0.3 is 15.2 Å². The molecule has 1 aromatic rings. The Morgan fingerprint density at radius 2 is 2.28 bits per heavy atom. The largest absolute Gasteiger partial charge is 0.464 e. The number of nitrogens with zero attached hydrogens (tertiary/aromatic N) is 2. The number of hydrogen-bond acceptors (Lipinski definition) is 7. The minimum Gasteiger partial charge on any atom is -0.464 e. The Hall–Kier alpha value is -1.34. The summed E-state index contributed by atoms with van der Waals surface area (Å²) in [6.45, 7) is 1.00. The van der Waals surface area contributed by atoms with Crippen molar-refractivity contribution >= 4 is 23.5 Å². The quantitative estimate of drug-likeness (QED) is 0.534. The number of carbonyl (C=O) groups excluding carboxylic acids is 1. The van der Waals surface area contributed by atoms with Gasteiger partial charge in [-0.25, -0.2) is 4.79 Å². The Kier molecular flexibility index (Phi) is 7.12. The number of methoxy groups -OCH3 is 1. The van der Waals surface area contributed by atoms with Gasteiger partial charge in [-0.2, -0.15) is 11.8 Å². The molecule has 18 heavy (non-hydrogen) atoms. The molecule has 1 heterocycles. The van der Waals surface area contributed by atoms with Crippen LogP contribution in [-0.2, 0) is 4.74 Å². The Morgan fingerprint density at radius 1 is 1.44 bits per heavy atom. The second-order valence-electron chi connectivity index (χ2n) is 3.41. The number of rotatable bonds is 8. The predicted molar refractivity (Wildman–Crippen MR) is 70.9 cm³/mol. The fourth-order valence-electron chi connectivity index (χ4n) is 1.16. The summed E-state index contributed by atoms with van der Waals surface area (Å²) in [6.07, 6.45) is 0.818. The van der Waals surface area contributed by atoms with E-state index in [-0.39, 0.29) is 12.3 Å². The molecule has 0 aromatic carbocycles. The van der Waals surface area contributed by atoms with E-state index in [0.717, 1.165) is 24.5 Å². The highest BCUT2D eigenvalue weighted by Crippen LogP contribution is 2.05. The first-order valence-electron chi connectivity index (χ1n) is 5.62. The molecule has 0 fully saturated rings. The standard InChI is InChI=1S/C11H17N3O3S/c1-17-11(16)9-3-4-10(14-13-9)12-5-8-18-7-2-6-15/h3-4,15H,2,5-8H2,1H3,(H,12,14). The minimum atomic E-state index is -0.492. The number of thioether (sulfide) groups is 1. The second-order valence-corrected chi connectivity index (χ2v) is 4.64. The molecule has 100 valence electrons. The molecule has 0 aliphatic heterocycles. The third-order valence-corrected chi connectivity index (χ3v) is 3.13. The smallest absolute Gasteiger partial charge is 0.358 e. The number of anilines is 1. The number of ether oxygens (including phenoxy) is 1. The molecule has 0 aliphatic rings. The molecule has 7 heteroatoms. The van der Waals surface area contributed by atoms with E-state index < -0.39 is 5.97 Å². The molecule has 0 spiro atoms. The molecular formula is C11H17N3O3S. The van der Waals surface area contributed by atoms with Gasteiger partial charge in [0.05, 0.1) is 7.11 Å². The van der Waals surface area contributed by atoms with E-state index in [2.05, 4.69) is 20.3 Å². The lowest BCUT2D eigenvalue weighted by Gasteiger charge is -2.04. The Morgan fingerprint density at radius 3 is 2.89 bits per heavy atom. The van der Waals surface area contributed by atoms with Crippen LogP contribution in [0.15, 0.2) is 12.1 Å². The van der Waals surface area contributed by atoms with E-state index >= 15 is 0 Å². The summed E-state index contributed by atoms with van der Waals surface area (Å²) >= 11 is 1.76. The third kappa shape index (κ3) is 5.33. The van der Waals surface area contributed by atoms with Gasteiger partial charge in [-0.15, -0.1) is 10.2 Å². The monoisotopic (exact) mass is 271 g/mol. The number of carbonyl (C=O) groups is 1. The van der Waals surface area contributed by atoms with Crippen LogP contribution in [0.3, 0.4) is 0 Å². The summed E-state index contributed by atoms with van der Waals surface area (Å²) < 4.78 is 4.53. The van der Waals surface area contributed by atoms with Gasteiger partial charge in [0, 0.05) is 18.9 Å². The van der Waals surface area contributed by atoms with Crippen LogP contribution in [0.4, 0.5) is 5.82 Å². The van der Waals surface area contributed by atoms with Gasteiger partial charge in [0.25, 0.3) is 0 Å². The lowest BCUT2D eigenvalue weighted by atomic mass is 10.4. The Bertz CT molecular complexity index is 359. The molecule has 6 nitrogen and oxygen atoms in total. The molecule has 0 radical (unpaired) electrons. The highest BCUT2D eigenvalue weighted by molar-refractivity contribution is 7.99. The zero-order chi connectivity index (χ0) is 13.2. The maximum Gasteiger partial charge on any atom is 0.358 e. The first kappa shape index (κ1) is 14.7. The lowest BCUT2D eigenvalue weighted by molar-refractivity contribution is 0.0593. The van der Waals surface area contributed by atoms with Crippen LogP contribution in [-0.4, -0.2) is 53.0 Å². The van der Waals surface area contributed by atoms with Crippen LogP contribution in [0.1, 0.15) is 16.9 Å². The maximum absolute atomic E-state index is 11.1. The highest BCUT2D eigenvalue weighted by atomic mass is 32.2. The summed E-state index contributed by atoms with van der Waals surface area (Å²) in [5.41, 5.74) is 0.195. The average molecular weight is 271 g/mol. The van der Waals surface area contributed by atoms with E-state index in [9.17, 15) is 4.79 Å². The molecule has 0 amide bonds. The van der Waals surface area contributed by atoms with Crippen molar-refractivity contribution in [2.24, 2.45) is 0 Å². The molecule has 0 unspecified atom stereocenters. The molecule has 0 bridgehead atoms. The van der Waals surface area contributed by atoms with E-state index in [4.69, 9.17) is 5.11 Å². The molecular weight excluding hydrogens is 254 g/mol. The second kappa shape index (κ2) is 8.71. The summed E-state index contributed by atoms with van der Waals surface area (Å²) in [4.78, 5) is 11.1. The summed E-state index contributed by atoms with van der Waals surface area (Å²) in [7, 11) is 1.31. The van der Waals surface area contributed by atoms with E-state index in [1.807, 2.05) is 0 Å². The first-order chi connectivity index (χ1) is 8.77. The van der Waals surface area contributed by atoms with Crippen molar-refractivity contribution < 1.29 is 14.6 Å². The van der Waals surface area contributed by atoms with Crippen molar-refractivity contribution in [3.8, 4) is 0 Å². The van der Waals surface area contributed by atoms with Gasteiger partial charge in [0.1, 0.15) is 5.82 Å². The molecule has 0 saturated heterocycles. The van der Waals surface area contributed by atoms with Gasteiger partial charge in [-0.05, 0) is 24.3 Å². The molecule has 0 saturated carbocycles. The van der Waals surface area contributed by atoms with Crippen LogP contribution in [0.25, 0.3) is 0 Å². The van der Waals surface area contributed by atoms with Crippen molar-refractivity contribution in [3.05, 3.63) is 17.8 Å². The number of aliphatic hydroxyl groups is 1. The van der Waals surface area contributed by atoms with Crippen LogP contribution >= 0.6 is 11.8 Å². The summed E-state index contributed by atoms with van der Waals surface area (Å²) in [5.74, 6) is 2.02. The highest BCUT2D eigenvalue weighted by Gasteiger charge is 2.06. The van der Waals surface area contributed by atoms with E-state index in [1.54, 1.807) is 23.9 Å². The van der Waals surface area contributed by atoms with Crippen molar-refractivity contribution in [1.82, 2.24) is 10.2 Å². The SMILES string of the molecule is COC(=O)c1ccc(NCCSCCCO)nn1. The van der Waals surface area contributed by atoms with Crippen molar-refractivity contribution in [2.45, 2.75) is 6.42 Å². The number of aliphatic hydroxyl groups excluding tert-OH is 1. The molecule has 1 rings (SSSR count). The van der Waals surface area contributed by atoms with Gasteiger partial charge in [-0.1, -0.05) is 0 Å². The van der Waals surface area contributed by atoms with Gasteiger partial charge in [-0.3, -0.25) is 0 Å². The topological polar surface area (TPSA) is 84.3 Å². The van der Waals surface area contributed by atoms with Crippen LogP contribution in [0, 0.1) is 0 Å². The van der Waals surface area contributed by atoms with Crippen LogP contribution < -0.4 is 5.32 Å². The van der Waals surface area contributed by atoms with Gasteiger partial charge in [0.2, 0.25) is 0 Å². The van der Waals surface area contributed by atoms with Gasteiger partial charge >= 0.3 is 5.97 Å². The van der Waals surface area contributed by atoms with E-state index in [0.29, 0.717) is 5.82 Å². The van der Waals surface area contributed by atoms with Crippen LogP contribution in [0.2, 0.25) is 0 Å². The zero-order valence-corrected chi connectivity index (χ0v) is 11.1. The Balaban J connectivity index is 2.25. The number of esters is 1. The maximum atomic E-state index is 11.1.